The lowest BCUT2D eigenvalue weighted by Crippen LogP contribution is -2.42. The summed E-state index contributed by atoms with van der Waals surface area (Å²) in [4.78, 5) is 16.4. The van der Waals surface area contributed by atoms with Gasteiger partial charge in [-0.15, -0.1) is 0 Å². The van der Waals surface area contributed by atoms with Crippen molar-refractivity contribution in [1.29, 1.82) is 0 Å². The number of guanidine groups is 1. The first kappa shape index (κ1) is 18.3. The first-order chi connectivity index (χ1) is 10.6. The number of hydrogen-bond acceptors (Lipinski definition) is 2. The lowest BCUT2D eigenvalue weighted by molar-refractivity contribution is 0.582. The predicted octanol–water partition coefficient (Wildman–Crippen LogP) is 2.29. The minimum Gasteiger partial charge on any atom is -0.357 e. The van der Waals surface area contributed by atoms with Crippen LogP contribution in [-0.2, 0) is 6.54 Å². The summed E-state index contributed by atoms with van der Waals surface area (Å²) in [7, 11) is 0. The maximum atomic E-state index is 11.8. The first-order valence-corrected chi connectivity index (χ1v) is 8.29. The Balaban J connectivity index is 2.42. The van der Waals surface area contributed by atoms with Crippen molar-refractivity contribution in [1.82, 2.24) is 15.2 Å². The zero-order chi connectivity index (χ0) is 16.4. The van der Waals surface area contributed by atoms with Gasteiger partial charge in [-0.1, -0.05) is 13.0 Å². The van der Waals surface area contributed by atoms with Crippen molar-refractivity contribution in [2.45, 2.75) is 59.5 Å². The number of pyridine rings is 1. The number of unbranched alkanes of at least 4 members (excludes halogenated alkanes) is 1. The number of aryl methyl sites for hydroxylation is 1. The minimum absolute atomic E-state index is 0.0790. The molecule has 22 heavy (non-hydrogen) atoms. The molecule has 124 valence electrons. The Labute approximate surface area is 133 Å². The van der Waals surface area contributed by atoms with Gasteiger partial charge in [0.1, 0.15) is 0 Å². The summed E-state index contributed by atoms with van der Waals surface area (Å²) >= 11 is 0. The molecule has 0 aromatic carbocycles. The third-order valence-electron chi connectivity index (χ3n) is 3.67. The summed E-state index contributed by atoms with van der Waals surface area (Å²) in [5, 5.41) is 6.64. The van der Waals surface area contributed by atoms with Crippen LogP contribution in [0.5, 0.6) is 0 Å². The van der Waals surface area contributed by atoms with Gasteiger partial charge in [-0.3, -0.25) is 9.79 Å². The Hall–Kier alpha value is -1.78. The predicted molar refractivity (Wildman–Crippen MR) is 93.5 cm³/mol. The molecule has 0 saturated carbocycles. The van der Waals surface area contributed by atoms with Crippen LogP contribution in [0.15, 0.2) is 28.0 Å². The molecule has 0 aliphatic carbocycles. The summed E-state index contributed by atoms with van der Waals surface area (Å²) in [6, 6.07) is 5.81. The van der Waals surface area contributed by atoms with Crippen LogP contribution in [0.4, 0.5) is 0 Å². The normalized spacial score (nSPS) is 13.0. The molecule has 0 fully saturated rings. The van der Waals surface area contributed by atoms with Crippen molar-refractivity contribution >= 4 is 5.96 Å². The molecule has 0 saturated heterocycles. The van der Waals surface area contributed by atoms with Crippen LogP contribution in [0, 0.1) is 6.92 Å². The fourth-order valence-corrected chi connectivity index (χ4v) is 2.14. The van der Waals surface area contributed by atoms with Gasteiger partial charge in [0.05, 0.1) is 0 Å². The topological polar surface area (TPSA) is 58.4 Å². The van der Waals surface area contributed by atoms with Crippen molar-refractivity contribution in [3.63, 3.8) is 0 Å². The fourth-order valence-electron chi connectivity index (χ4n) is 2.14. The maximum absolute atomic E-state index is 11.8. The first-order valence-electron chi connectivity index (χ1n) is 8.29. The number of hydrogen-bond donors (Lipinski definition) is 2. The summed E-state index contributed by atoms with van der Waals surface area (Å²) in [5.41, 5.74) is 1.10. The van der Waals surface area contributed by atoms with Crippen LogP contribution >= 0.6 is 0 Å². The Kier molecular flexibility index (Phi) is 8.33. The molecule has 1 aromatic heterocycles. The summed E-state index contributed by atoms with van der Waals surface area (Å²) < 4.78 is 1.83. The smallest absolute Gasteiger partial charge is 0.250 e. The Morgan fingerprint density at radius 2 is 2.09 bits per heavy atom. The van der Waals surface area contributed by atoms with E-state index in [1.165, 1.54) is 0 Å². The van der Waals surface area contributed by atoms with Gasteiger partial charge in [0, 0.05) is 37.4 Å². The second-order valence-corrected chi connectivity index (χ2v) is 5.58. The van der Waals surface area contributed by atoms with Crippen molar-refractivity contribution in [2.75, 3.05) is 13.1 Å². The average Bonchev–Trinajstić information content (AvgIpc) is 2.49. The van der Waals surface area contributed by atoms with E-state index in [-0.39, 0.29) is 5.56 Å². The molecule has 0 bridgehead atoms. The van der Waals surface area contributed by atoms with Gasteiger partial charge in [-0.2, -0.15) is 0 Å². The molecule has 0 aliphatic heterocycles. The molecule has 0 aliphatic rings. The minimum atomic E-state index is 0.0790. The SMILES string of the molecule is CCNC(=NCCCCn1c(C)cccc1=O)NC(C)CC. The molecular weight excluding hydrogens is 276 g/mol. The fraction of sp³-hybridized carbons (Fsp3) is 0.647. The van der Waals surface area contributed by atoms with Crippen LogP contribution in [0.25, 0.3) is 0 Å². The van der Waals surface area contributed by atoms with E-state index in [0.29, 0.717) is 6.04 Å². The lowest BCUT2D eigenvalue weighted by Gasteiger charge is -2.16. The lowest BCUT2D eigenvalue weighted by atomic mass is 10.2. The Morgan fingerprint density at radius 1 is 1.32 bits per heavy atom. The molecule has 1 aromatic rings. The Bertz CT molecular complexity index is 522. The molecular formula is C17H30N4O. The molecule has 5 heteroatoms. The van der Waals surface area contributed by atoms with Crippen molar-refractivity contribution in [2.24, 2.45) is 4.99 Å². The van der Waals surface area contributed by atoms with Crippen LogP contribution in [0.3, 0.4) is 0 Å². The van der Waals surface area contributed by atoms with Crippen molar-refractivity contribution < 1.29 is 0 Å². The molecule has 0 spiro atoms. The summed E-state index contributed by atoms with van der Waals surface area (Å²) in [6.45, 7) is 10.7. The van der Waals surface area contributed by atoms with Gasteiger partial charge in [-0.25, -0.2) is 0 Å². The number of nitrogens with one attached hydrogen (secondary N) is 2. The van der Waals surface area contributed by atoms with E-state index in [0.717, 1.165) is 50.6 Å². The van der Waals surface area contributed by atoms with Gasteiger partial charge >= 0.3 is 0 Å². The van der Waals surface area contributed by atoms with Crippen LogP contribution in [-0.4, -0.2) is 29.7 Å². The highest BCUT2D eigenvalue weighted by Gasteiger charge is 2.02. The maximum Gasteiger partial charge on any atom is 0.250 e. The van der Waals surface area contributed by atoms with E-state index in [4.69, 9.17) is 0 Å². The molecule has 1 atom stereocenters. The van der Waals surface area contributed by atoms with E-state index in [9.17, 15) is 4.79 Å². The van der Waals surface area contributed by atoms with E-state index in [1.807, 2.05) is 23.6 Å². The summed E-state index contributed by atoms with van der Waals surface area (Å²) in [5.74, 6) is 0.880. The second-order valence-electron chi connectivity index (χ2n) is 5.58. The highest BCUT2D eigenvalue weighted by Crippen LogP contribution is 1.99. The Morgan fingerprint density at radius 3 is 2.73 bits per heavy atom. The quantitative estimate of drug-likeness (QED) is 0.440. The van der Waals surface area contributed by atoms with E-state index in [2.05, 4.69) is 36.4 Å². The third kappa shape index (κ3) is 6.33. The van der Waals surface area contributed by atoms with E-state index in [1.54, 1.807) is 6.07 Å². The highest BCUT2D eigenvalue weighted by atomic mass is 16.1. The van der Waals surface area contributed by atoms with Crippen LogP contribution < -0.4 is 16.2 Å². The number of nitrogens with zero attached hydrogens (tertiary/aromatic N) is 2. The van der Waals surface area contributed by atoms with Gasteiger partial charge in [0.25, 0.3) is 5.56 Å². The zero-order valence-electron chi connectivity index (χ0n) is 14.4. The highest BCUT2D eigenvalue weighted by molar-refractivity contribution is 5.79. The molecule has 1 heterocycles. The van der Waals surface area contributed by atoms with Gasteiger partial charge in [-0.05, 0) is 46.1 Å². The standard InChI is InChI=1S/C17H30N4O/c1-5-14(3)20-17(18-6-2)19-12-7-8-13-21-15(4)10-9-11-16(21)22/h9-11,14H,5-8,12-13H2,1-4H3,(H2,18,19,20). The second kappa shape index (κ2) is 10.0. The van der Waals surface area contributed by atoms with E-state index < -0.39 is 0 Å². The van der Waals surface area contributed by atoms with Crippen LogP contribution in [0.1, 0.15) is 45.7 Å². The molecule has 0 amide bonds. The molecule has 1 rings (SSSR count). The number of aromatic nitrogens is 1. The van der Waals surface area contributed by atoms with E-state index >= 15 is 0 Å². The van der Waals surface area contributed by atoms with Gasteiger partial charge in [0.15, 0.2) is 5.96 Å². The zero-order valence-corrected chi connectivity index (χ0v) is 14.4. The third-order valence-corrected chi connectivity index (χ3v) is 3.67. The average molecular weight is 306 g/mol. The van der Waals surface area contributed by atoms with Gasteiger partial charge < -0.3 is 15.2 Å². The number of aliphatic imine (C=N–C) groups is 1. The molecule has 2 N–H and O–H groups in total. The van der Waals surface area contributed by atoms with Crippen molar-refractivity contribution in [3.8, 4) is 0 Å². The number of rotatable bonds is 8. The summed E-state index contributed by atoms with van der Waals surface area (Å²) in [6.07, 6.45) is 3.00. The molecule has 0 radical (unpaired) electrons. The monoisotopic (exact) mass is 306 g/mol. The van der Waals surface area contributed by atoms with Crippen LogP contribution in [0.2, 0.25) is 0 Å². The van der Waals surface area contributed by atoms with Crippen molar-refractivity contribution in [3.05, 3.63) is 34.2 Å². The van der Waals surface area contributed by atoms with Gasteiger partial charge in [0.2, 0.25) is 0 Å². The molecule has 1 unspecified atom stereocenters. The largest absolute Gasteiger partial charge is 0.357 e. The molecule has 5 nitrogen and oxygen atoms in total.